The zero-order valence-corrected chi connectivity index (χ0v) is 13.1. The number of ether oxygens (including phenoxy) is 1. The highest BCUT2D eigenvalue weighted by Crippen LogP contribution is 2.16. The third-order valence-corrected chi connectivity index (χ3v) is 3.86. The van der Waals surface area contributed by atoms with E-state index in [4.69, 9.17) is 4.74 Å². The van der Waals surface area contributed by atoms with Crippen LogP contribution in [0.25, 0.3) is 0 Å². The van der Waals surface area contributed by atoms with E-state index in [1.54, 1.807) is 23.6 Å². The third-order valence-electron chi connectivity index (χ3n) is 3.86. The van der Waals surface area contributed by atoms with E-state index in [0.717, 1.165) is 31.4 Å². The molecular weight excluding hydrogens is 296 g/mol. The molecular formula is C15H20N6O2. The van der Waals surface area contributed by atoms with Crippen molar-refractivity contribution < 1.29 is 9.53 Å². The van der Waals surface area contributed by atoms with Crippen LogP contribution in [0.3, 0.4) is 0 Å². The number of carbonyl (C=O) groups is 1. The van der Waals surface area contributed by atoms with E-state index in [1.807, 2.05) is 0 Å². The summed E-state index contributed by atoms with van der Waals surface area (Å²) in [7, 11) is 0. The number of aromatic nitrogens is 5. The largest absolute Gasteiger partial charge is 0.458 e. The van der Waals surface area contributed by atoms with Crippen LogP contribution in [-0.2, 0) is 17.8 Å². The number of rotatable bonds is 5. The number of hydrogen-bond acceptors (Lipinski definition) is 6. The molecule has 2 aromatic heterocycles. The molecule has 0 radical (unpaired) electrons. The van der Waals surface area contributed by atoms with Gasteiger partial charge in [0, 0.05) is 18.9 Å². The SMILES string of the molecule is CCc1cnc(OC2CCCN(C(=O)Cn3cncn3)C2)nc1. The second kappa shape index (κ2) is 7.17. The van der Waals surface area contributed by atoms with Gasteiger partial charge in [-0.05, 0) is 24.8 Å². The fourth-order valence-electron chi connectivity index (χ4n) is 2.55. The summed E-state index contributed by atoms with van der Waals surface area (Å²) in [4.78, 5) is 26.4. The molecule has 0 saturated carbocycles. The first-order valence-electron chi connectivity index (χ1n) is 7.82. The fourth-order valence-corrected chi connectivity index (χ4v) is 2.55. The molecule has 1 saturated heterocycles. The standard InChI is InChI=1S/C15H20N6O2/c1-2-12-6-17-15(18-7-12)23-13-4-3-5-20(8-13)14(22)9-21-11-16-10-19-21/h6-7,10-11,13H,2-5,8-9H2,1H3. The molecule has 8 nitrogen and oxygen atoms in total. The van der Waals surface area contributed by atoms with Gasteiger partial charge in [-0.1, -0.05) is 6.92 Å². The Balaban J connectivity index is 1.55. The number of nitrogens with zero attached hydrogens (tertiary/aromatic N) is 6. The van der Waals surface area contributed by atoms with Crippen LogP contribution in [0.5, 0.6) is 6.01 Å². The van der Waals surface area contributed by atoms with Crippen molar-refractivity contribution in [3.63, 3.8) is 0 Å². The van der Waals surface area contributed by atoms with Gasteiger partial charge in [0.2, 0.25) is 5.91 Å². The number of hydrogen-bond donors (Lipinski definition) is 0. The second-order valence-electron chi connectivity index (χ2n) is 5.54. The number of likely N-dealkylation sites (tertiary alicyclic amines) is 1. The Morgan fingerprint density at radius 2 is 2.22 bits per heavy atom. The Bertz CT molecular complexity index is 628. The Morgan fingerprint density at radius 3 is 2.91 bits per heavy atom. The molecule has 0 aliphatic carbocycles. The van der Waals surface area contributed by atoms with Gasteiger partial charge in [0.1, 0.15) is 25.3 Å². The number of aryl methyl sites for hydroxylation is 1. The highest BCUT2D eigenvalue weighted by Gasteiger charge is 2.25. The van der Waals surface area contributed by atoms with Gasteiger partial charge in [0.05, 0.1) is 6.54 Å². The first-order valence-corrected chi connectivity index (χ1v) is 7.82. The van der Waals surface area contributed by atoms with Crippen molar-refractivity contribution in [3.05, 3.63) is 30.6 Å². The summed E-state index contributed by atoms with van der Waals surface area (Å²) < 4.78 is 7.35. The van der Waals surface area contributed by atoms with Crippen molar-refractivity contribution in [1.29, 1.82) is 0 Å². The molecule has 122 valence electrons. The molecule has 0 N–H and O–H groups in total. The van der Waals surface area contributed by atoms with Crippen LogP contribution < -0.4 is 4.74 Å². The summed E-state index contributed by atoms with van der Waals surface area (Å²) in [5.74, 6) is 0.0195. The van der Waals surface area contributed by atoms with Crippen molar-refractivity contribution in [3.8, 4) is 6.01 Å². The summed E-state index contributed by atoms with van der Waals surface area (Å²) in [6, 6.07) is 0.373. The van der Waals surface area contributed by atoms with E-state index in [-0.39, 0.29) is 18.6 Å². The molecule has 3 heterocycles. The average Bonchev–Trinajstić information content (AvgIpc) is 3.09. The van der Waals surface area contributed by atoms with E-state index < -0.39 is 0 Å². The van der Waals surface area contributed by atoms with Crippen LogP contribution >= 0.6 is 0 Å². The zero-order valence-electron chi connectivity index (χ0n) is 13.1. The van der Waals surface area contributed by atoms with Gasteiger partial charge >= 0.3 is 6.01 Å². The van der Waals surface area contributed by atoms with E-state index in [0.29, 0.717) is 12.6 Å². The molecule has 0 bridgehead atoms. The highest BCUT2D eigenvalue weighted by atomic mass is 16.5. The van der Waals surface area contributed by atoms with Crippen LogP contribution in [-0.4, -0.2) is 54.7 Å². The van der Waals surface area contributed by atoms with Crippen molar-refractivity contribution in [2.45, 2.75) is 38.8 Å². The molecule has 3 rings (SSSR count). The normalized spacial score (nSPS) is 18.0. The molecule has 1 amide bonds. The lowest BCUT2D eigenvalue weighted by atomic mass is 10.1. The quantitative estimate of drug-likeness (QED) is 0.807. The Labute approximate surface area is 134 Å². The minimum Gasteiger partial charge on any atom is -0.458 e. The predicted octanol–water partition coefficient (Wildman–Crippen LogP) is 0.700. The summed E-state index contributed by atoms with van der Waals surface area (Å²) >= 11 is 0. The third kappa shape index (κ3) is 4.02. The molecule has 8 heteroatoms. The monoisotopic (exact) mass is 316 g/mol. The first-order chi connectivity index (χ1) is 11.2. The van der Waals surface area contributed by atoms with Crippen LogP contribution in [0.4, 0.5) is 0 Å². The summed E-state index contributed by atoms with van der Waals surface area (Å²) in [6.45, 7) is 3.54. The minimum absolute atomic E-state index is 0.0195. The Hall–Kier alpha value is -2.51. The minimum atomic E-state index is -0.0732. The van der Waals surface area contributed by atoms with Crippen LogP contribution in [0.2, 0.25) is 0 Å². The second-order valence-corrected chi connectivity index (χ2v) is 5.54. The van der Waals surface area contributed by atoms with Crippen molar-refractivity contribution >= 4 is 5.91 Å². The fraction of sp³-hybridized carbons (Fsp3) is 0.533. The molecule has 1 atom stereocenters. The molecule has 1 unspecified atom stereocenters. The summed E-state index contributed by atoms with van der Waals surface area (Å²) in [5, 5.41) is 3.96. The first kappa shape index (κ1) is 15.4. The summed E-state index contributed by atoms with van der Waals surface area (Å²) in [5.41, 5.74) is 1.07. The number of amides is 1. The van der Waals surface area contributed by atoms with Gasteiger partial charge in [-0.3, -0.25) is 4.79 Å². The molecule has 0 spiro atoms. The molecule has 0 aromatic carbocycles. The zero-order chi connectivity index (χ0) is 16.1. The topological polar surface area (TPSA) is 86.0 Å². The van der Waals surface area contributed by atoms with E-state index in [9.17, 15) is 4.79 Å². The Kier molecular flexibility index (Phi) is 4.80. The van der Waals surface area contributed by atoms with Gasteiger partial charge in [0.25, 0.3) is 0 Å². The lowest BCUT2D eigenvalue weighted by Gasteiger charge is -2.32. The lowest BCUT2D eigenvalue weighted by molar-refractivity contribution is -0.134. The van der Waals surface area contributed by atoms with E-state index in [1.165, 1.54) is 11.0 Å². The van der Waals surface area contributed by atoms with Crippen LogP contribution in [0.1, 0.15) is 25.3 Å². The van der Waals surface area contributed by atoms with Crippen LogP contribution in [0, 0.1) is 0 Å². The average molecular weight is 316 g/mol. The molecule has 2 aromatic rings. The van der Waals surface area contributed by atoms with Gasteiger partial charge in [0.15, 0.2) is 0 Å². The predicted molar refractivity (Wildman–Crippen MR) is 81.7 cm³/mol. The highest BCUT2D eigenvalue weighted by molar-refractivity contribution is 5.76. The van der Waals surface area contributed by atoms with Crippen LogP contribution in [0.15, 0.2) is 25.0 Å². The number of carbonyl (C=O) groups excluding carboxylic acids is 1. The van der Waals surface area contributed by atoms with Gasteiger partial charge < -0.3 is 9.64 Å². The number of piperidine rings is 1. The van der Waals surface area contributed by atoms with Gasteiger partial charge in [-0.2, -0.15) is 5.10 Å². The maximum atomic E-state index is 12.3. The maximum absolute atomic E-state index is 12.3. The van der Waals surface area contributed by atoms with Gasteiger partial charge in [-0.15, -0.1) is 0 Å². The molecule has 1 aliphatic heterocycles. The lowest BCUT2D eigenvalue weighted by Crippen LogP contribution is -2.45. The summed E-state index contributed by atoms with van der Waals surface area (Å²) in [6.07, 6.45) is 9.14. The Morgan fingerprint density at radius 1 is 1.39 bits per heavy atom. The van der Waals surface area contributed by atoms with Crippen molar-refractivity contribution in [2.24, 2.45) is 0 Å². The maximum Gasteiger partial charge on any atom is 0.316 e. The van der Waals surface area contributed by atoms with Gasteiger partial charge in [-0.25, -0.2) is 19.6 Å². The molecule has 1 fully saturated rings. The van der Waals surface area contributed by atoms with E-state index >= 15 is 0 Å². The van der Waals surface area contributed by atoms with E-state index in [2.05, 4.69) is 27.0 Å². The van der Waals surface area contributed by atoms with Crippen molar-refractivity contribution in [1.82, 2.24) is 29.6 Å². The molecule has 23 heavy (non-hydrogen) atoms. The van der Waals surface area contributed by atoms with Crippen molar-refractivity contribution in [2.75, 3.05) is 13.1 Å². The molecule has 1 aliphatic rings. The smallest absolute Gasteiger partial charge is 0.316 e.